The average molecular weight is 412 g/mol. The molecule has 1 aromatic carbocycles. The molecule has 7 nitrogen and oxygen atoms in total. The number of benzene rings is 1. The number of nitrogens with one attached hydrogen (secondary N) is 2. The Morgan fingerprint density at radius 1 is 1.45 bits per heavy atom. The van der Waals surface area contributed by atoms with E-state index in [0.717, 1.165) is 29.8 Å². The summed E-state index contributed by atoms with van der Waals surface area (Å²) in [5.74, 6) is 0.197. The molecule has 0 spiro atoms. The van der Waals surface area contributed by atoms with Crippen molar-refractivity contribution in [2.45, 2.75) is 25.3 Å². The molecule has 150 valence electrons. The minimum Gasteiger partial charge on any atom is -0.372 e. The molecule has 2 aromatic heterocycles. The van der Waals surface area contributed by atoms with Gasteiger partial charge in [-0.3, -0.25) is 4.79 Å². The maximum absolute atomic E-state index is 13.7. The van der Waals surface area contributed by atoms with Crippen LogP contribution in [0.5, 0.6) is 0 Å². The standard InChI is InChI=1S/C20H21FN6OS/c1-3-27(2)10-18(28)26-20-25-16-7-5-13(9-17(16)29-20)24-19-14-8-12(21)4-6-15(14)22-11-23-19/h3-4,6,8,11,13H,1,5,7,9-10H2,2H3,(H,22,23,24)(H,25,26,28). The van der Waals surface area contributed by atoms with Crippen LogP contribution in [0.2, 0.25) is 0 Å². The number of carbonyl (C=O) groups is 1. The van der Waals surface area contributed by atoms with Gasteiger partial charge in [-0.1, -0.05) is 6.58 Å². The maximum atomic E-state index is 13.7. The molecular weight excluding hydrogens is 391 g/mol. The van der Waals surface area contributed by atoms with Crippen molar-refractivity contribution < 1.29 is 9.18 Å². The second-order valence-corrected chi connectivity index (χ2v) is 8.09. The quantitative estimate of drug-likeness (QED) is 0.647. The fraction of sp³-hybridized carbons (Fsp3) is 0.300. The van der Waals surface area contributed by atoms with Crippen LogP contribution in [-0.4, -0.2) is 45.4 Å². The van der Waals surface area contributed by atoms with Crippen LogP contribution in [0.15, 0.2) is 37.3 Å². The molecule has 0 saturated carbocycles. The molecule has 9 heteroatoms. The van der Waals surface area contributed by atoms with Gasteiger partial charge in [-0.05, 0) is 37.2 Å². The Bertz CT molecular complexity index is 1070. The number of aryl methyl sites for hydroxylation is 1. The number of hydrogen-bond acceptors (Lipinski definition) is 7. The molecule has 2 heterocycles. The molecule has 0 fully saturated rings. The summed E-state index contributed by atoms with van der Waals surface area (Å²) in [7, 11) is 1.79. The smallest absolute Gasteiger partial charge is 0.245 e. The molecule has 0 radical (unpaired) electrons. The molecule has 2 N–H and O–H groups in total. The lowest BCUT2D eigenvalue weighted by molar-refractivity contribution is -0.116. The third kappa shape index (κ3) is 4.34. The number of thiazole rings is 1. The summed E-state index contributed by atoms with van der Waals surface area (Å²) in [5, 5.41) is 7.57. The molecule has 0 aliphatic heterocycles. The maximum Gasteiger partial charge on any atom is 0.245 e. The number of rotatable bonds is 6. The number of hydrogen-bond donors (Lipinski definition) is 2. The van der Waals surface area contributed by atoms with Gasteiger partial charge in [0.2, 0.25) is 5.91 Å². The van der Waals surface area contributed by atoms with Crippen molar-refractivity contribution in [1.82, 2.24) is 19.9 Å². The summed E-state index contributed by atoms with van der Waals surface area (Å²) < 4.78 is 13.7. The second kappa shape index (κ2) is 8.12. The first-order valence-corrected chi connectivity index (χ1v) is 10.1. The number of likely N-dealkylation sites (N-methyl/N-ethyl adjacent to an activating group) is 1. The summed E-state index contributed by atoms with van der Waals surface area (Å²) in [4.78, 5) is 28.0. The van der Waals surface area contributed by atoms with Crippen molar-refractivity contribution in [3.8, 4) is 0 Å². The highest BCUT2D eigenvalue weighted by Crippen LogP contribution is 2.31. The van der Waals surface area contributed by atoms with E-state index >= 15 is 0 Å². The number of anilines is 2. The Morgan fingerprint density at radius 3 is 3.14 bits per heavy atom. The van der Waals surface area contributed by atoms with Crippen molar-refractivity contribution in [2.75, 3.05) is 24.2 Å². The van der Waals surface area contributed by atoms with Crippen molar-refractivity contribution in [3.05, 3.63) is 53.7 Å². The van der Waals surface area contributed by atoms with Gasteiger partial charge in [0.05, 0.1) is 17.8 Å². The normalized spacial score (nSPS) is 15.6. The first-order valence-electron chi connectivity index (χ1n) is 9.30. The molecular formula is C20H21FN6OS. The predicted octanol–water partition coefficient (Wildman–Crippen LogP) is 3.21. The van der Waals surface area contributed by atoms with Crippen LogP contribution in [0.4, 0.5) is 15.3 Å². The fourth-order valence-electron chi connectivity index (χ4n) is 3.34. The van der Waals surface area contributed by atoms with E-state index in [4.69, 9.17) is 0 Å². The molecule has 1 aliphatic rings. The van der Waals surface area contributed by atoms with Gasteiger partial charge in [0, 0.05) is 29.8 Å². The zero-order valence-electron chi connectivity index (χ0n) is 16.0. The number of aromatic nitrogens is 3. The van der Waals surface area contributed by atoms with Gasteiger partial charge in [-0.15, -0.1) is 11.3 Å². The molecule has 4 rings (SSSR count). The second-order valence-electron chi connectivity index (χ2n) is 7.00. The van der Waals surface area contributed by atoms with Crippen molar-refractivity contribution >= 4 is 39.1 Å². The number of amides is 1. The lowest BCUT2D eigenvalue weighted by atomic mass is 9.97. The van der Waals surface area contributed by atoms with E-state index in [1.807, 2.05) is 0 Å². The fourth-order valence-corrected chi connectivity index (χ4v) is 4.44. The molecule has 1 unspecified atom stereocenters. The highest BCUT2D eigenvalue weighted by atomic mass is 32.1. The van der Waals surface area contributed by atoms with Gasteiger partial charge < -0.3 is 15.5 Å². The number of fused-ring (bicyclic) bond motifs is 2. The lowest BCUT2D eigenvalue weighted by Crippen LogP contribution is -2.27. The van der Waals surface area contributed by atoms with E-state index in [1.165, 1.54) is 29.8 Å². The van der Waals surface area contributed by atoms with Crippen LogP contribution < -0.4 is 10.6 Å². The summed E-state index contributed by atoms with van der Waals surface area (Å²) in [6.07, 6.45) is 5.55. The van der Waals surface area contributed by atoms with Crippen LogP contribution >= 0.6 is 11.3 Å². The molecule has 1 atom stereocenters. The van der Waals surface area contributed by atoms with Crippen LogP contribution in [0.25, 0.3) is 10.9 Å². The van der Waals surface area contributed by atoms with E-state index < -0.39 is 0 Å². The first kappa shape index (κ1) is 19.3. The third-order valence-corrected chi connectivity index (χ3v) is 5.86. The van der Waals surface area contributed by atoms with Gasteiger partial charge in [0.25, 0.3) is 0 Å². The van der Waals surface area contributed by atoms with E-state index in [-0.39, 0.29) is 24.3 Å². The number of nitrogens with zero attached hydrogens (tertiary/aromatic N) is 4. The largest absolute Gasteiger partial charge is 0.372 e. The summed E-state index contributed by atoms with van der Waals surface area (Å²) in [5.41, 5.74) is 1.73. The van der Waals surface area contributed by atoms with Crippen LogP contribution in [-0.2, 0) is 17.6 Å². The van der Waals surface area contributed by atoms with Crippen molar-refractivity contribution in [3.63, 3.8) is 0 Å². The SMILES string of the molecule is C=CN(C)CC(=O)Nc1nc2c(s1)CC(Nc1ncnc3ccc(F)cc13)CC2. The topological polar surface area (TPSA) is 83.0 Å². The summed E-state index contributed by atoms with van der Waals surface area (Å²) in [6.45, 7) is 3.87. The Hall–Kier alpha value is -3.07. The zero-order valence-corrected chi connectivity index (χ0v) is 16.8. The summed E-state index contributed by atoms with van der Waals surface area (Å²) in [6, 6.07) is 4.65. The highest BCUT2D eigenvalue weighted by Gasteiger charge is 2.24. The molecule has 1 aliphatic carbocycles. The molecule has 0 bridgehead atoms. The lowest BCUT2D eigenvalue weighted by Gasteiger charge is -2.23. The minimum atomic E-state index is -0.314. The highest BCUT2D eigenvalue weighted by molar-refractivity contribution is 7.15. The molecule has 0 saturated heterocycles. The minimum absolute atomic E-state index is 0.123. The predicted molar refractivity (Wildman–Crippen MR) is 113 cm³/mol. The van der Waals surface area contributed by atoms with Crippen LogP contribution in [0.3, 0.4) is 0 Å². The van der Waals surface area contributed by atoms with E-state index in [2.05, 4.69) is 32.2 Å². The van der Waals surface area contributed by atoms with Crippen molar-refractivity contribution in [1.29, 1.82) is 0 Å². The average Bonchev–Trinajstić information content (AvgIpc) is 3.09. The molecule has 29 heavy (non-hydrogen) atoms. The van der Waals surface area contributed by atoms with Crippen LogP contribution in [0, 0.1) is 5.82 Å². The first-order chi connectivity index (χ1) is 14.0. The Labute approximate surface area is 171 Å². The van der Waals surface area contributed by atoms with E-state index in [9.17, 15) is 9.18 Å². The number of carbonyl (C=O) groups excluding carboxylic acids is 1. The van der Waals surface area contributed by atoms with Gasteiger partial charge in [-0.2, -0.15) is 0 Å². The van der Waals surface area contributed by atoms with Gasteiger partial charge in [-0.25, -0.2) is 19.3 Å². The Morgan fingerprint density at radius 2 is 2.31 bits per heavy atom. The Kier molecular flexibility index (Phi) is 5.39. The third-order valence-electron chi connectivity index (χ3n) is 4.83. The van der Waals surface area contributed by atoms with Gasteiger partial charge >= 0.3 is 0 Å². The Balaban J connectivity index is 1.46. The van der Waals surface area contributed by atoms with Crippen LogP contribution in [0.1, 0.15) is 17.0 Å². The van der Waals surface area contributed by atoms with E-state index in [1.54, 1.807) is 24.2 Å². The van der Waals surface area contributed by atoms with Gasteiger partial charge in [0.15, 0.2) is 5.13 Å². The zero-order chi connectivity index (χ0) is 20.4. The van der Waals surface area contributed by atoms with E-state index in [0.29, 0.717) is 21.9 Å². The van der Waals surface area contributed by atoms with Crippen molar-refractivity contribution in [2.24, 2.45) is 0 Å². The molecule has 3 aromatic rings. The monoisotopic (exact) mass is 412 g/mol. The number of halogens is 1. The molecule has 1 amide bonds. The van der Waals surface area contributed by atoms with Gasteiger partial charge in [0.1, 0.15) is 18.0 Å². The summed E-state index contributed by atoms with van der Waals surface area (Å²) >= 11 is 1.50.